The van der Waals surface area contributed by atoms with Crippen molar-refractivity contribution in [1.82, 2.24) is 10.0 Å². The van der Waals surface area contributed by atoms with Gasteiger partial charge in [0, 0.05) is 0 Å². The van der Waals surface area contributed by atoms with E-state index in [2.05, 4.69) is 29.1 Å². The fourth-order valence-corrected chi connectivity index (χ4v) is 15.5. The van der Waals surface area contributed by atoms with E-state index in [9.17, 15) is 0 Å². The van der Waals surface area contributed by atoms with Crippen LogP contribution in [0.1, 0.15) is 45.4 Å². The summed E-state index contributed by atoms with van der Waals surface area (Å²) in [6.45, 7) is 6.20. The van der Waals surface area contributed by atoms with E-state index in [1.165, 1.54) is 66.5 Å². The molecule has 2 N–H and O–H groups in total. The van der Waals surface area contributed by atoms with E-state index in [-0.39, 0.29) is 6.17 Å². The van der Waals surface area contributed by atoms with Crippen molar-refractivity contribution in [2.24, 2.45) is 11.7 Å². The molecule has 3 heterocycles. The Bertz CT molecular complexity index is 352. The van der Waals surface area contributed by atoms with E-state index < -0.39 is 21.4 Å². The molecule has 0 aromatic heterocycles. The van der Waals surface area contributed by atoms with Gasteiger partial charge in [0.05, 0.1) is 0 Å². The Morgan fingerprint density at radius 3 is 2.67 bits per heavy atom. The van der Waals surface area contributed by atoms with Gasteiger partial charge in [0.2, 0.25) is 0 Å². The van der Waals surface area contributed by atoms with E-state index in [0.29, 0.717) is 0 Å². The molecule has 0 aromatic carbocycles. The molecule has 0 amide bonds. The first-order chi connectivity index (χ1) is 10.3. The van der Waals surface area contributed by atoms with Crippen molar-refractivity contribution in [3.8, 4) is 0 Å². The van der Waals surface area contributed by atoms with Crippen LogP contribution >= 0.6 is 0 Å². The summed E-state index contributed by atoms with van der Waals surface area (Å²) in [5.41, 5.74) is 6.37. The van der Waals surface area contributed by atoms with Gasteiger partial charge in [-0.25, -0.2) is 0 Å². The predicted molar refractivity (Wildman–Crippen MR) is 91.4 cm³/mol. The van der Waals surface area contributed by atoms with Crippen molar-refractivity contribution in [3.05, 3.63) is 12.2 Å². The summed E-state index contributed by atoms with van der Waals surface area (Å²) in [4.78, 5) is 0. The van der Waals surface area contributed by atoms with E-state index in [4.69, 9.17) is 5.73 Å². The molecule has 0 aromatic rings. The maximum absolute atomic E-state index is 6.37. The molecule has 4 heteroatoms. The molecular formula is C17H32InN3. The van der Waals surface area contributed by atoms with Gasteiger partial charge in [-0.1, -0.05) is 0 Å². The minimum absolute atomic E-state index is 0.286. The number of allylic oxidation sites excluding steroid dienone is 2. The molecule has 2 fully saturated rings. The van der Waals surface area contributed by atoms with Crippen LogP contribution in [0.15, 0.2) is 12.2 Å². The first kappa shape index (κ1) is 16.4. The van der Waals surface area contributed by atoms with Gasteiger partial charge in [0.15, 0.2) is 0 Å². The quantitative estimate of drug-likeness (QED) is 0.745. The topological polar surface area (TPSA) is 32.5 Å². The molecule has 0 bridgehead atoms. The Balaban J connectivity index is 1.61. The van der Waals surface area contributed by atoms with E-state index >= 15 is 0 Å². The van der Waals surface area contributed by atoms with Gasteiger partial charge in [-0.3, -0.25) is 0 Å². The van der Waals surface area contributed by atoms with E-state index in [1.54, 1.807) is 0 Å². The molecule has 0 spiro atoms. The summed E-state index contributed by atoms with van der Waals surface area (Å²) in [5, 5.41) is 5.17. The SMILES string of the molecule is CC[CH](C1CCCN(N2CCCCC2N)C1)[In]1[CH2]C=C[CH2]1. The second-order valence-corrected chi connectivity index (χ2v) is 16.8. The third-order valence-electron chi connectivity index (χ3n) is 6.05. The molecule has 2 saturated heterocycles. The zero-order valence-corrected chi connectivity index (χ0v) is 17.0. The summed E-state index contributed by atoms with van der Waals surface area (Å²) < 4.78 is 4.17. The van der Waals surface area contributed by atoms with Crippen molar-refractivity contribution >= 4 is 21.4 Å². The summed E-state index contributed by atoms with van der Waals surface area (Å²) in [6, 6.07) is 0. The van der Waals surface area contributed by atoms with Gasteiger partial charge in [-0.05, 0) is 0 Å². The molecule has 21 heavy (non-hydrogen) atoms. The maximum atomic E-state index is 6.37. The Morgan fingerprint density at radius 1 is 1.14 bits per heavy atom. The monoisotopic (exact) mass is 393 g/mol. The van der Waals surface area contributed by atoms with Crippen LogP contribution < -0.4 is 5.73 Å². The molecule has 3 unspecified atom stereocenters. The molecule has 3 aliphatic heterocycles. The summed E-state index contributed by atoms with van der Waals surface area (Å²) in [6.07, 6.45) is 13.4. The average molecular weight is 393 g/mol. The van der Waals surface area contributed by atoms with Crippen molar-refractivity contribution in [1.29, 1.82) is 0 Å². The molecule has 3 atom stereocenters. The minimum atomic E-state index is -1.29. The second-order valence-electron chi connectivity index (χ2n) is 7.32. The summed E-state index contributed by atoms with van der Waals surface area (Å²) in [7, 11) is 0. The Morgan fingerprint density at radius 2 is 1.95 bits per heavy atom. The van der Waals surface area contributed by atoms with Gasteiger partial charge in [-0.2, -0.15) is 0 Å². The van der Waals surface area contributed by atoms with Crippen LogP contribution in [0.5, 0.6) is 0 Å². The molecule has 0 aliphatic carbocycles. The van der Waals surface area contributed by atoms with Crippen LogP contribution in [0.3, 0.4) is 0 Å². The van der Waals surface area contributed by atoms with Crippen LogP contribution in [0.2, 0.25) is 12.0 Å². The fourth-order valence-electron chi connectivity index (χ4n) is 4.90. The first-order valence-corrected chi connectivity index (χ1v) is 15.8. The van der Waals surface area contributed by atoms with Crippen LogP contribution in [0.25, 0.3) is 0 Å². The Labute approximate surface area is 138 Å². The third kappa shape index (κ3) is 3.88. The van der Waals surface area contributed by atoms with Crippen molar-refractivity contribution in [3.63, 3.8) is 0 Å². The van der Waals surface area contributed by atoms with Gasteiger partial charge in [0.1, 0.15) is 0 Å². The summed E-state index contributed by atoms with van der Waals surface area (Å²) >= 11 is -1.29. The first-order valence-electron chi connectivity index (χ1n) is 9.21. The van der Waals surface area contributed by atoms with Crippen molar-refractivity contribution < 1.29 is 0 Å². The second kappa shape index (κ2) is 7.85. The molecular weight excluding hydrogens is 361 g/mol. The summed E-state index contributed by atoms with van der Waals surface area (Å²) in [5.74, 6) is 0.971. The molecule has 3 rings (SSSR count). The van der Waals surface area contributed by atoms with E-state index in [1.807, 2.05) is 0 Å². The number of hydrazine groups is 1. The Hall–Kier alpha value is 0.490. The number of rotatable bonds is 4. The number of nitrogens with two attached hydrogens (primary N) is 1. The zero-order valence-electron chi connectivity index (χ0n) is 13.7. The standard InChI is InChI=1S/C13H26N3.C4H6.In/c1-2-6-12-7-5-9-15(11-12)16-10-4-3-8-13(16)14;1-3-4-2;/h6,12-13H,2-5,7-11,14H2,1H3;3-4H,1-2H2;. The third-order valence-corrected chi connectivity index (χ3v) is 17.4. The number of hydrogen-bond acceptors (Lipinski definition) is 3. The van der Waals surface area contributed by atoms with Gasteiger partial charge in [-0.15, -0.1) is 0 Å². The average Bonchev–Trinajstić information content (AvgIpc) is 3.03. The van der Waals surface area contributed by atoms with Crippen LogP contribution in [0.4, 0.5) is 0 Å². The Kier molecular flexibility index (Phi) is 6.11. The molecule has 0 radical (unpaired) electrons. The van der Waals surface area contributed by atoms with Crippen molar-refractivity contribution in [2.45, 2.75) is 63.6 Å². The number of nitrogens with zero attached hydrogens (tertiary/aromatic N) is 2. The molecule has 0 saturated carbocycles. The molecule has 118 valence electrons. The number of hydrogen-bond donors (Lipinski definition) is 1. The van der Waals surface area contributed by atoms with E-state index in [0.717, 1.165) is 9.59 Å². The van der Waals surface area contributed by atoms with Gasteiger partial charge >= 0.3 is 139 Å². The van der Waals surface area contributed by atoms with Gasteiger partial charge < -0.3 is 0 Å². The zero-order chi connectivity index (χ0) is 14.7. The molecule has 3 aliphatic rings. The molecule has 3 nitrogen and oxygen atoms in total. The fraction of sp³-hybridized carbons (Fsp3) is 0.882. The van der Waals surface area contributed by atoms with Crippen LogP contribution in [0, 0.1) is 5.92 Å². The number of piperidine rings is 2. The normalized spacial score (nSPS) is 33.5. The van der Waals surface area contributed by atoms with Crippen molar-refractivity contribution in [2.75, 3.05) is 19.6 Å². The predicted octanol–water partition coefficient (Wildman–Crippen LogP) is 3.23. The van der Waals surface area contributed by atoms with Gasteiger partial charge in [0.25, 0.3) is 0 Å². The van der Waals surface area contributed by atoms with Crippen LogP contribution in [-0.4, -0.2) is 57.3 Å². The van der Waals surface area contributed by atoms with Crippen LogP contribution in [-0.2, 0) is 0 Å².